The molecule has 0 bridgehead atoms. The fourth-order valence-electron chi connectivity index (χ4n) is 3.45. The van der Waals surface area contributed by atoms with Gasteiger partial charge in [0.05, 0.1) is 12.4 Å². The molecule has 0 atom stereocenters. The van der Waals surface area contributed by atoms with Crippen LogP contribution in [-0.4, -0.2) is 65.4 Å². The topological polar surface area (TPSA) is 216 Å². The summed E-state index contributed by atoms with van der Waals surface area (Å²) in [5, 5.41) is 47.0. The van der Waals surface area contributed by atoms with Crippen molar-refractivity contribution in [2.75, 3.05) is 38.0 Å². The number of carboxylic acid groups (broad SMARTS) is 2. The Bertz CT molecular complexity index is 1530. The molecule has 2 N–H and O–H groups in total. The molecular formula is C34H34N6O8Zn2. The molecule has 50 heavy (non-hydrogen) atoms. The van der Waals surface area contributed by atoms with Crippen LogP contribution in [0.2, 0.25) is 0 Å². The van der Waals surface area contributed by atoms with Crippen molar-refractivity contribution in [2.24, 2.45) is 10.2 Å². The minimum atomic E-state index is -0.500. The molecule has 0 saturated carbocycles. The van der Waals surface area contributed by atoms with Gasteiger partial charge in [0, 0.05) is 63.6 Å². The molecule has 4 rings (SSSR count). The van der Waals surface area contributed by atoms with Gasteiger partial charge in [0.1, 0.15) is 0 Å². The maximum atomic E-state index is 11.9. The maximum Gasteiger partial charge on any atom is 2.00 e. The number of nitrogens with one attached hydrogen (secondary N) is 2. The van der Waals surface area contributed by atoms with Gasteiger partial charge >= 0.3 is 39.0 Å². The van der Waals surface area contributed by atoms with Gasteiger partial charge in [-0.1, -0.05) is 60.0 Å². The van der Waals surface area contributed by atoms with E-state index in [0.29, 0.717) is 22.3 Å². The molecular weight excluding hydrogens is 751 g/mol. The van der Waals surface area contributed by atoms with Gasteiger partial charge in [-0.3, -0.25) is 9.59 Å². The van der Waals surface area contributed by atoms with Crippen molar-refractivity contribution >= 4 is 48.6 Å². The predicted octanol–water partition coefficient (Wildman–Crippen LogP) is -0.0926. The van der Waals surface area contributed by atoms with Gasteiger partial charge in [0.15, 0.2) is 0 Å². The zero-order valence-corrected chi connectivity index (χ0v) is 34.0. The smallest absolute Gasteiger partial charge is 0.872 e. The van der Waals surface area contributed by atoms with Crippen LogP contribution in [0, 0.1) is 0 Å². The van der Waals surface area contributed by atoms with Crippen molar-refractivity contribution < 1.29 is 78.6 Å². The summed E-state index contributed by atoms with van der Waals surface area (Å²) in [6.07, 6.45) is 2.68. The number of carbonyl (C=O) groups excluding carboxylic acids is 4. The summed E-state index contributed by atoms with van der Waals surface area (Å²) >= 11 is 0. The average molecular weight is 785 g/mol. The molecule has 4 aromatic rings. The van der Waals surface area contributed by atoms with Crippen molar-refractivity contribution in [3.8, 4) is 11.5 Å². The zero-order valence-electron chi connectivity index (χ0n) is 28.0. The minimum absolute atomic E-state index is 0. The van der Waals surface area contributed by atoms with E-state index in [-0.39, 0.29) is 62.3 Å². The second-order valence-electron chi connectivity index (χ2n) is 9.55. The van der Waals surface area contributed by atoms with E-state index in [9.17, 15) is 19.8 Å². The Hall–Kier alpha value is -5.45. The Morgan fingerprint density at radius 1 is 0.560 bits per heavy atom. The molecule has 0 aliphatic carbocycles. The Labute approximate surface area is 315 Å². The largest absolute Gasteiger partial charge is 2.00 e. The fourth-order valence-corrected chi connectivity index (χ4v) is 3.45. The van der Waals surface area contributed by atoms with E-state index in [2.05, 4.69) is 21.1 Å². The molecule has 0 aromatic heterocycles. The molecule has 4 aromatic carbocycles. The van der Waals surface area contributed by atoms with Crippen LogP contribution in [-0.2, 0) is 48.5 Å². The molecule has 252 valence electrons. The average Bonchev–Trinajstić information content (AvgIpc) is 3.07. The summed E-state index contributed by atoms with van der Waals surface area (Å²) in [5.74, 6) is -0.906. The van der Waals surface area contributed by atoms with E-state index in [1.54, 1.807) is 60.7 Å². The summed E-state index contributed by atoms with van der Waals surface area (Å²) in [4.78, 5) is 44.2. The first kappa shape index (κ1) is 46.7. The Morgan fingerprint density at radius 3 is 1.10 bits per heavy atom. The minimum Gasteiger partial charge on any atom is -0.872 e. The summed E-state index contributed by atoms with van der Waals surface area (Å²) in [6, 6.07) is 27.3. The van der Waals surface area contributed by atoms with Gasteiger partial charge in [-0.05, 0) is 59.7 Å². The Kier molecular flexibility index (Phi) is 24.7. The summed E-state index contributed by atoms with van der Waals surface area (Å²) < 4.78 is 0. The van der Waals surface area contributed by atoms with Crippen molar-refractivity contribution in [1.82, 2.24) is 10.9 Å². The van der Waals surface area contributed by atoms with Gasteiger partial charge in [-0.2, -0.15) is 10.2 Å². The summed E-state index contributed by atoms with van der Waals surface area (Å²) in [7, 11) is 7.72. The maximum absolute atomic E-state index is 11.9. The van der Waals surface area contributed by atoms with Gasteiger partial charge in [0.2, 0.25) is 0 Å². The van der Waals surface area contributed by atoms with Crippen molar-refractivity contribution in [3.05, 3.63) is 119 Å². The van der Waals surface area contributed by atoms with E-state index >= 15 is 0 Å². The first-order chi connectivity index (χ1) is 23.0. The fraction of sp³-hybridized carbons (Fsp3) is 0.118. The second-order valence-corrected chi connectivity index (χ2v) is 9.55. The van der Waals surface area contributed by atoms with Gasteiger partial charge in [-0.15, -0.1) is 0 Å². The van der Waals surface area contributed by atoms with Crippen molar-refractivity contribution in [1.29, 1.82) is 0 Å². The third kappa shape index (κ3) is 17.6. The number of anilines is 2. The molecule has 0 heterocycles. The quantitative estimate of drug-likeness (QED) is 0.105. The van der Waals surface area contributed by atoms with E-state index in [0.717, 1.165) is 11.4 Å². The van der Waals surface area contributed by atoms with E-state index in [1.807, 2.05) is 62.3 Å². The number of hydrogen-bond acceptors (Lipinski definition) is 12. The number of rotatable bonds is 8. The van der Waals surface area contributed by atoms with Gasteiger partial charge < -0.3 is 39.8 Å². The first-order valence-electron chi connectivity index (χ1n) is 13.8. The van der Waals surface area contributed by atoms with Crippen LogP contribution in [0.3, 0.4) is 0 Å². The molecule has 0 fully saturated rings. The number of benzene rings is 4. The van der Waals surface area contributed by atoms with Crippen LogP contribution in [0.4, 0.5) is 11.4 Å². The molecule has 16 heteroatoms. The van der Waals surface area contributed by atoms with Crippen LogP contribution >= 0.6 is 0 Å². The monoisotopic (exact) mass is 782 g/mol. The number of amides is 2. The number of hydrogen-bond donors (Lipinski definition) is 2. The third-order valence-electron chi connectivity index (χ3n) is 5.87. The SMILES string of the molecule is CN(C)c1ccc(C(=O)N/N=C/c2ccccc2[O-])cc1.CN(C)c1ccc(C(=O)N/N=C/c2ccccc2[O-])cc1.O=C[O-].O=C[O-].[Zn+2].[Zn+2]. The standard InChI is InChI=1S/2C16H17N3O2.2CH2O2.2Zn/c2*1-19(2)14-9-7-12(8-10-14)16(21)18-17-11-13-5-3-4-6-15(13)20;2*2-1-3;;/h2*3-11,20H,1-2H3,(H,18,21);2*1H,(H,2,3);;/q;;;;2*+2/p-4/b2*17-11+;;;;. The van der Waals surface area contributed by atoms with Crippen LogP contribution in [0.25, 0.3) is 0 Å². The number of hydrazone groups is 2. The van der Waals surface area contributed by atoms with Gasteiger partial charge in [0.25, 0.3) is 11.8 Å². The van der Waals surface area contributed by atoms with Gasteiger partial charge in [-0.25, -0.2) is 10.9 Å². The Balaban J connectivity index is 0. The number of nitrogens with zero attached hydrogens (tertiary/aromatic N) is 4. The molecule has 0 radical (unpaired) electrons. The molecule has 0 spiro atoms. The van der Waals surface area contributed by atoms with E-state index < -0.39 is 12.9 Å². The Morgan fingerprint density at radius 2 is 0.840 bits per heavy atom. The second kappa shape index (κ2) is 26.5. The molecule has 0 aliphatic heterocycles. The molecule has 0 saturated heterocycles. The van der Waals surface area contributed by atoms with Crippen LogP contribution in [0.1, 0.15) is 31.8 Å². The van der Waals surface area contributed by atoms with Crippen LogP contribution in [0.5, 0.6) is 11.5 Å². The van der Waals surface area contributed by atoms with Crippen LogP contribution in [0.15, 0.2) is 107 Å². The predicted molar refractivity (Wildman–Crippen MR) is 176 cm³/mol. The van der Waals surface area contributed by atoms with E-state index in [1.165, 1.54) is 24.6 Å². The molecule has 0 unspecified atom stereocenters. The van der Waals surface area contributed by atoms with Crippen molar-refractivity contribution in [2.45, 2.75) is 0 Å². The van der Waals surface area contributed by atoms with E-state index in [4.69, 9.17) is 19.8 Å². The summed E-state index contributed by atoms with van der Waals surface area (Å²) in [5.41, 5.74) is 8.70. The molecule has 2 amide bonds. The molecule has 0 aliphatic rings. The molecule has 14 nitrogen and oxygen atoms in total. The normalized spacial score (nSPS) is 9.36. The number of para-hydroxylation sites is 2. The number of carbonyl (C=O) groups is 4. The van der Waals surface area contributed by atoms with Crippen LogP contribution < -0.4 is 41.1 Å². The summed E-state index contributed by atoms with van der Waals surface area (Å²) in [6.45, 7) is -1.00. The van der Waals surface area contributed by atoms with Crippen molar-refractivity contribution in [3.63, 3.8) is 0 Å². The third-order valence-corrected chi connectivity index (χ3v) is 5.87. The zero-order chi connectivity index (χ0) is 35.9. The first-order valence-corrected chi connectivity index (χ1v) is 13.8.